The van der Waals surface area contributed by atoms with Crippen molar-refractivity contribution in [2.75, 3.05) is 47.1 Å². The Labute approximate surface area is 109 Å². The molecule has 3 N–H and O–H groups in total. The molecule has 1 rings (SSSR count). The van der Waals surface area contributed by atoms with Crippen LogP contribution >= 0.6 is 0 Å². The highest BCUT2D eigenvalue weighted by Gasteiger charge is 2.17. The van der Waals surface area contributed by atoms with Crippen molar-refractivity contribution < 1.29 is 9.47 Å². The van der Waals surface area contributed by atoms with E-state index in [1.54, 1.807) is 7.11 Å². The summed E-state index contributed by atoms with van der Waals surface area (Å²) in [7, 11) is 3.72. The van der Waals surface area contributed by atoms with Gasteiger partial charge in [-0.25, -0.2) is 5.84 Å². The molecule has 0 aromatic heterocycles. The number of ether oxygens (including phenoxy) is 2. The molecule has 1 fully saturated rings. The molecule has 1 saturated heterocycles. The van der Waals surface area contributed by atoms with Gasteiger partial charge in [0.2, 0.25) is 5.96 Å². The third-order valence-corrected chi connectivity index (χ3v) is 3.13. The van der Waals surface area contributed by atoms with Crippen LogP contribution in [-0.4, -0.2) is 57.9 Å². The Morgan fingerprint density at radius 3 is 2.83 bits per heavy atom. The summed E-state index contributed by atoms with van der Waals surface area (Å²) in [6.45, 7) is 4.16. The van der Waals surface area contributed by atoms with Gasteiger partial charge in [-0.15, -0.1) is 0 Å². The lowest BCUT2D eigenvalue weighted by atomic mass is 10.00. The minimum Gasteiger partial charge on any atom is -0.385 e. The van der Waals surface area contributed by atoms with Crippen molar-refractivity contribution in [3.05, 3.63) is 0 Å². The van der Waals surface area contributed by atoms with E-state index in [1.165, 1.54) is 0 Å². The number of nitrogens with one attached hydrogen (secondary N) is 1. The Kier molecular flexibility index (Phi) is 7.71. The Morgan fingerprint density at radius 2 is 2.22 bits per heavy atom. The summed E-state index contributed by atoms with van der Waals surface area (Å²) >= 11 is 0. The van der Waals surface area contributed by atoms with Crippen molar-refractivity contribution in [1.82, 2.24) is 10.3 Å². The van der Waals surface area contributed by atoms with Gasteiger partial charge in [-0.1, -0.05) is 0 Å². The quantitative estimate of drug-likeness (QED) is 0.234. The molecule has 0 aromatic carbocycles. The second-order valence-corrected chi connectivity index (χ2v) is 4.63. The van der Waals surface area contributed by atoms with Crippen LogP contribution in [0.4, 0.5) is 0 Å². The van der Waals surface area contributed by atoms with Crippen LogP contribution < -0.4 is 11.3 Å². The van der Waals surface area contributed by atoms with Gasteiger partial charge in [0, 0.05) is 47.1 Å². The molecule has 0 spiro atoms. The van der Waals surface area contributed by atoms with E-state index < -0.39 is 0 Å². The summed E-state index contributed by atoms with van der Waals surface area (Å²) in [5, 5.41) is 0. The molecule has 106 valence electrons. The van der Waals surface area contributed by atoms with Crippen LogP contribution in [0.2, 0.25) is 0 Å². The van der Waals surface area contributed by atoms with Gasteiger partial charge in [0.15, 0.2) is 0 Å². The van der Waals surface area contributed by atoms with Crippen LogP contribution in [0.25, 0.3) is 0 Å². The summed E-state index contributed by atoms with van der Waals surface area (Å²) in [5.74, 6) is 6.93. The predicted molar refractivity (Wildman–Crippen MR) is 72.3 cm³/mol. The molecule has 0 amide bonds. The molecule has 0 unspecified atom stereocenters. The summed E-state index contributed by atoms with van der Waals surface area (Å²) in [6.07, 6.45) is 3.14. The smallest absolute Gasteiger partial charge is 0.208 e. The first-order valence-corrected chi connectivity index (χ1v) is 6.56. The largest absolute Gasteiger partial charge is 0.385 e. The summed E-state index contributed by atoms with van der Waals surface area (Å²) < 4.78 is 10.3. The average molecular weight is 258 g/mol. The minimum atomic E-state index is 0.668. The standard InChI is InChI=1S/C12H26N4O2/c1-16(10-11-4-8-18-9-5-11)12(15-13)14-6-3-7-17-2/h11H,3-10,13H2,1-2H3,(H,14,15). The van der Waals surface area contributed by atoms with Gasteiger partial charge in [-0.3, -0.25) is 10.4 Å². The van der Waals surface area contributed by atoms with E-state index in [2.05, 4.69) is 15.3 Å². The highest BCUT2D eigenvalue weighted by molar-refractivity contribution is 5.79. The molecule has 1 aliphatic heterocycles. The van der Waals surface area contributed by atoms with Crippen LogP contribution in [-0.2, 0) is 9.47 Å². The van der Waals surface area contributed by atoms with Crippen molar-refractivity contribution in [2.24, 2.45) is 16.8 Å². The Morgan fingerprint density at radius 1 is 1.50 bits per heavy atom. The zero-order chi connectivity index (χ0) is 13.2. The van der Waals surface area contributed by atoms with Gasteiger partial charge in [-0.05, 0) is 25.2 Å². The maximum absolute atomic E-state index is 5.52. The first-order valence-electron chi connectivity index (χ1n) is 6.56. The van der Waals surface area contributed by atoms with Crippen LogP contribution in [0.3, 0.4) is 0 Å². The number of methoxy groups -OCH3 is 1. The van der Waals surface area contributed by atoms with E-state index in [1.807, 2.05) is 7.05 Å². The number of rotatable bonds is 6. The lowest BCUT2D eigenvalue weighted by molar-refractivity contribution is 0.0610. The SMILES string of the molecule is COCCCN=C(NN)N(C)CC1CCOCC1. The van der Waals surface area contributed by atoms with Crippen molar-refractivity contribution in [3.8, 4) is 0 Å². The van der Waals surface area contributed by atoms with Gasteiger partial charge >= 0.3 is 0 Å². The normalized spacial score (nSPS) is 17.8. The van der Waals surface area contributed by atoms with Crippen LogP contribution in [0.5, 0.6) is 0 Å². The topological polar surface area (TPSA) is 72.1 Å². The molecule has 6 nitrogen and oxygen atoms in total. The number of guanidine groups is 1. The zero-order valence-electron chi connectivity index (χ0n) is 11.5. The first-order chi connectivity index (χ1) is 8.77. The van der Waals surface area contributed by atoms with Crippen LogP contribution in [0.15, 0.2) is 4.99 Å². The van der Waals surface area contributed by atoms with E-state index in [0.29, 0.717) is 5.92 Å². The van der Waals surface area contributed by atoms with Gasteiger partial charge in [0.25, 0.3) is 0 Å². The summed E-state index contributed by atoms with van der Waals surface area (Å²) in [5.41, 5.74) is 2.67. The van der Waals surface area contributed by atoms with Gasteiger partial charge < -0.3 is 14.4 Å². The molecular formula is C12H26N4O2. The zero-order valence-corrected chi connectivity index (χ0v) is 11.5. The number of aliphatic imine (C=N–C) groups is 1. The second-order valence-electron chi connectivity index (χ2n) is 4.63. The lowest BCUT2D eigenvalue weighted by Crippen LogP contribution is -2.45. The molecule has 6 heteroatoms. The predicted octanol–water partition coefficient (Wildman–Crippen LogP) is 0.201. The first kappa shape index (κ1) is 15.2. The Bertz CT molecular complexity index is 242. The lowest BCUT2D eigenvalue weighted by Gasteiger charge is -2.28. The third kappa shape index (κ3) is 5.66. The Hall–Kier alpha value is -0.850. The fourth-order valence-electron chi connectivity index (χ4n) is 2.07. The van der Waals surface area contributed by atoms with Crippen molar-refractivity contribution in [2.45, 2.75) is 19.3 Å². The van der Waals surface area contributed by atoms with Crippen molar-refractivity contribution in [3.63, 3.8) is 0 Å². The molecular weight excluding hydrogens is 232 g/mol. The van der Waals surface area contributed by atoms with Gasteiger partial charge in [0.1, 0.15) is 0 Å². The third-order valence-electron chi connectivity index (χ3n) is 3.13. The molecule has 18 heavy (non-hydrogen) atoms. The average Bonchev–Trinajstić information content (AvgIpc) is 2.40. The molecule has 0 aliphatic carbocycles. The van der Waals surface area contributed by atoms with Gasteiger partial charge in [-0.2, -0.15) is 0 Å². The fourth-order valence-corrected chi connectivity index (χ4v) is 2.07. The highest BCUT2D eigenvalue weighted by atomic mass is 16.5. The number of hydrazine groups is 1. The number of hydrogen-bond acceptors (Lipinski definition) is 4. The second kappa shape index (κ2) is 9.13. The number of hydrogen-bond donors (Lipinski definition) is 2. The van der Waals surface area contributed by atoms with E-state index >= 15 is 0 Å². The van der Waals surface area contributed by atoms with E-state index in [-0.39, 0.29) is 0 Å². The fraction of sp³-hybridized carbons (Fsp3) is 0.917. The maximum Gasteiger partial charge on any atom is 0.208 e. The van der Waals surface area contributed by atoms with E-state index in [9.17, 15) is 0 Å². The molecule has 1 heterocycles. The number of nitrogens with two attached hydrogens (primary N) is 1. The summed E-state index contributed by atoms with van der Waals surface area (Å²) in [6, 6.07) is 0. The van der Waals surface area contributed by atoms with Crippen molar-refractivity contribution >= 4 is 5.96 Å². The van der Waals surface area contributed by atoms with E-state index in [4.69, 9.17) is 15.3 Å². The molecule has 0 radical (unpaired) electrons. The summed E-state index contributed by atoms with van der Waals surface area (Å²) in [4.78, 5) is 6.53. The van der Waals surface area contributed by atoms with Crippen LogP contribution in [0.1, 0.15) is 19.3 Å². The minimum absolute atomic E-state index is 0.668. The molecule has 0 aromatic rings. The molecule has 1 aliphatic rings. The monoisotopic (exact) mass is 258 g/mol. The van der Waals surface area contributed by atoms with Gasteiger partial charge in [0.05, 0.1) is 0 Å². The maximum atomic E-state index is 5.52. The van der Waals surface area contributed by atoms with Crippen molar-refractivity contribution in [1.29, 1.82) is 0 Å². The molecule has 0 saturated carbocycles. The van der Waals surface area contributed by atoms with Crippen LogP contribution in [0, 0.1) is 5.92 Å². The Balaban J connectivity index is 2.32. The van der Waals surface area contributed by atoms with E-state index in [0.717, 1.165) is 58.1 Å². The molecule has 0 bridgehead atoms. The molecule has 0 atom stereocenters. The highest BCUT2D eigenvalue weighted by Crippen LogP contribution is 2.15. The number of nitrogens with zero attached hydrogens (tertiary/aromatic N) is 2.